The fourth-order valence-electron chi connectivity index (χ4n) is 5.01. The summed E-state index contributed by atoms with van der Waals surface area (Å²) in [5, 5.41) is 5.78. The quantitative estimate of drug-likeness (QED) is 0.541. The zero-order valence-electron chi connectivity index (χ0n) is 20.5. The molecule has 3 atom stereocenters. The van der Waals surface area contributed by atoms with E-state index >= 15 is 0 Å². The standard InChI is InChI=1S/C27H35N3O5/c1-27(2,14-19-8-4-3-5-9-19)15-21(28-25(32)20-10-13-34-17-20)26(33)29-24-22(31)18-35-23(24)16-30-11-6-7-12-30/h3-5,8-10,13,17,21,23-24H,6-7,11-12,14-16,18H2,1-2H3,(H,28,32)(H,29,33). The molecule has 8 nitrogen and oxygen atoms in total. The van der Waals surface area contributed by atoms with Gasteiger partial charge in [-0.05, 0) is 55.8 Å². The monoisotopic (exact) mass is 481 g/mol. The third kappa shape index (κ3) is 6.80. The molecule has 1 aromatic heterocycles. The summed E-state index contributed by atoms with van der Waals surface area (Å²) in [5.41, 5.74) is 1.21. The molecule has 0 spiro atoms. The van der Waals surface area contributed by atoms with Crippen LogP contribution in [0.1, 0.15) is 49.0 Å². The second-order valence-corrected chi connectivity index (χ2v) is 10.4. The van der Waals surface area contributed by atoms with Crippen molar-refractivity contribution in [2.45, 2.75) is 57.7 Å². The molecule has 0 aliphatic carbocycles. The second-order valence-electron chi connectivity index (χ2n) is 10.4. The first-order valence-electron chi connectivity index (χ1n) is 12.3. The van der Waals surface area contributed by atoms with Gasteiger partial charge in [0, 0.05) is 6.54 Å². The van der Waals surface area contributed by atoms with Crippen LogP contribution in [0.3, 0.4) is 0 Å². The van der Waals surface area contributed by atoms with Crippen LogP contribution in [0.2, 0.25) is 0 Å². The van der Waals surface area contributed by atoms with E-state index in [9.17, 15) is 14.4 Å². The van der Waals surface area contributed by atoms with Crippen molar-refractivity contribution >= 4 is 17.6 Å². The lowest BCUT2D eigenvalue weighted by atomic mass is 9.79. The SMILES string of the molecule is CC(C)(Cc1ccccc1)CC(NC(=O)c1ccoc1)C(=O)NC1C(=O)COC1CN1CCCC1. The van der Waals surface area contributed by atoms with Crippen molar-refractivity contribution in [3.63, 3.8) is 0 Å². The highest BCUT2D eigenvalue weighted by Crippen LogP contribution is 2.28. The summed E-state index contributed by atoms with van der Waals surface area (Å²) in [6.07, 6.45) is 5.79. The molecule has 188 valence electrons. The molecule has 0 radical (unpaired) electrons. The summed E-state index contributed by atoms with van der Waals surface area (Å²) >= 11 is 0. The molecule has 2 saturated heterocycles. The Kier molecular flexibility index (Phi) is 8.03. The van der Waals surface area contributed by atoms with Crippen molar-refractivity contribution in [2.75, 3.05) is 26.2 Å². The van der Waals surface area contributed by atoms with Crippen molar-refractivity contribution in [3.05, 3.63) is 60.1 Å². The Balaban J connectivity index is 1.47. The molecule has 0 saturated carbocycles. The molecule has 2 aromatic rings. The van der Waals surface area contributed by atoms with E-state index in [-0.39, 0.29) is 29.8 Å². The van der Waals surface area contributed by atoms with Crippen LogP contribution in [0.15, 0.2) is 53.3 Å². The number of carbonyl (C=O) groups excluding carboxylic acids is 3. The van der Waals surface area contributed by atoms with Crippen LogP contribution < -0.4 is 10.6 Å². The molecule has 4 rings (SSSR count). The topological polar surface area (TPSA) is 101 Å². The summed E-state index contributed by atoms with van der Waals surface area (Å²) in [7, 11) is 0. The van der Waals surface area contributed by atoms with E-state index in [1.54, 1.807) is 6.07 Å². The number of carbonyl (C=O) groups is 3. The Morgan fingerprint density at radius 1 is 1.14 bits per heavy atom. The predicted molar refractivity (Wildman–Crippen MR) is 131 cm³/mol. The van der Waals surface area contributed by atoms with Crippen LogP contribution in [0, 0.1) is 5.41 Å². The first-order chi connectivity index (χ1) is 16.8. The molecule has 8 heteroatoms. The second kappa shape index (κ2) is 11.2. The number of amides is 2. The highest BCUT2D eigenvalue weighted by Gasteiger charge is 2.40. The van der Waals surface area contributed by atoms with E-state index < -0.39 is 18.0 Å². The summed E-state index contributed by atoms with van der Waals surface area (Å²) in [6.45, 7) is 6.71. The molecule has 2 fully saturated rings. The van der Waals surface area contributed by atoms with E-state index in [0.29, 0.717) is 18.5 Å². The van der Waals surface area contributed by atoms with Crippen molar-refractivity contribution < 1.29 is 23.5 Å². The number of Topliss-reactive ketones (excluding diaryl/α,β-unsaturated/α-hetero) is 1. The Labute approximate surface area is 206 Å². The van der Waals surface area contributed by atoms with Gasteiger partial charge in [0.2, 0.25) is 5.91 Å². The van der Waals surface area contributed by atoms with Crippen LogP contribution in [0.4, 0.5) is 0 Å². The van der Waals surface area contributed by atoms with Crippen molar-refractivity contribution in [2.24, 2.45) is 5.41 Å². The van der Waals surface area contributed by atoms with Gasteiger partial charge in [0.05, 0.1) is 17.9 Å². The normalized spacial score (nSPS) is 21.7. The van der Waals surface area contributed by atoms with Crippen molar-refractivity contribution in [1.82, 2.24) is 15.5 Å². The van der Waals surface area contributed by atoms with Gasteiger partial charge in [-0.2, -0.15) is 0 Å². The van der Waals surface area contributed by atoms with E-state index in [1.165, 1.54) is 12.5 Å². The number of rotatable bonds is 10. The maximum absolute atomic E-state index is 13.5. The molecule has 1 aromatic carbocycles. The van der Waals surface area contributed by atoms with Crippen molar-refractivity contribution in [1.29, 1.82) is 0 Å². The summed E-state index contributed by atoms with van der Waals surface area (Å²) in [5.74, 6) is -0.902. The molecule has 35 heavy (non-hydrogen) atoms. The summed E-state index contributed by atoms with van der Waals surface area (Å²) in [6, 6.07) is 10.1. The first kappa shape index (κ1) is 25.1. The highest BCUT2D eigenvalue weighted by molar-refractivity contribution is 5.98. The number of ketones is 1. The molecule has 2 amide bonds. The van der Waals surface area contributed by atoms with Gasteiger partial charge in [0.15, 0.2) is 5.78 Å². The first-order valence-corrected chi connectivity index (χ1v) is 12.3. The van der Waals surface area contributed by atoms with Crippen LogP contribution in [-0.2, 0) is 20.7 Å². The molecule has 3 heterocycles. The predicted octanol–water partition coefficient (Wildman–Crippen LogP) is 2.59. The highest BCUT2D eigenvalue weighted by atomic mass is 16.5. The van der Waals surface area contributed by atoms with Crippen LogP contribution in [-0.4, -0.2) is 66.9 Å². The van der Waals surface area contributed by atoms with Gasteiger partial charge in [0.1, 0.15) is 25.0 Å². The average Bonchev–Trinajstić information content (AvgIpc) is 3.59. The minimum atomic E-state index is -0.822. The molecular formula is C27H35N3O5. The smallest absolute Gasteiger partial charge is 0.255 e. The van der Waals surface area contributed by atoms with Gasteiger partial charge in [-0.15, -0.1) is 0 Å². The van der Waals surface area contributed by atoms with Crippen LogP contribution >= 0.6 is 0 Å². The van der Waals surface area contributed by atoms with E-state index in [4.69, 9.17) is 9.15 Å². The van der Waals surface area contributed by atoms with Gasteiger partial charge in [0.25, 0.3) is 5.91 Å². The fourth-order valence-corrected chi connectivity index (χ4v) is 5.01. The number of nitrogens with one attached hydrogen (secondary N) is 2. The minimum Gasteiger partial charge on any atom is -0.472 e. The lowest BCUT2D eigenvalue weighted by Gasteiger charge is -2.31. The third-order valence-corrected chi connectivity index (χ3v) is 6.78. The van der Waals surface area contributed by atoms with Crippen LogP contribution in [0.25, 0.3) is 0 Å². The van der Waals surface area contributed by atoms with Gasteiger partial charge >= 0.3 is 0 Å². The van der Waals surface area contributed by atoms with Crippen molar-refractivity contribution in [3.8, 4) is 0 Å². The fraction of sp³-hybridized carbons (Fsp3) is 0.519. The van der Waals surface area contributed by atoms with Gasteiger partial charge in [-0.25, -0.2) is 0 Å². The van der Waals surface area contributed by atoms with E-state index in [0.717, 1.165) is 37.9 Å². The zero-order chi connectivity index (χ0) is 24.8. The minimum absolute atomic E-state index is 0.00496. The number of benzene rings is 1. The maximum Gasteiger partial charge on any atom is 0.255 e. The lowest BCUT2D eigenvalue weighted by Crippen LogP contribution is -2.55. The zero-order valence-corrected chi connectivity index (χ0v) is 20.5. The molecule has 0 bridgehead atoms. The molecular weight excluding hydrogens is 446 g/mol. The van der Waals surface area contributed by atoms with Gasteiger partial charge < -0.3 is 24.7 Å². The molecule has 2 aliphatic heterocycles. The van der Waals surface area contributed by atoms with Gasteiger partial charge in [-0.3, -0.25) is 14.4 Å². The van der Waals surface area contributed by atoms with Crippen LogP contribution in [0.5, 0.6) is 0 Å². The Hall–Kier alpha value is -2.97. The Bertz CT molecular complexity index is 999. The largest absolute Gasteiger partial charge is 0.472 e. The number of nitrogens with zero attached hydrogens (tertiary/aromatic N) is 1. The Morgan fingerprint density at radius 3 is 2.57 bits per heavy atom. The van der Waals surface area contributed by atoms with E-state index in [1.807, 2.05) is 18.2 Å². The Morgan fingerprint density at radius 2 is 1.89 bits per heavy atom. The number of likely N-dealkylation sites (tertiary alicyclic amines) is 1. The molecule has 3 unspecified atom stereocenters. The number of hydrogen-bond acceptors (Lipinski definition) is 6. The van der Waals surface area contributed by atoms with E-state index in [2.05, 4.69) is 41.5 Å². The maximum atomic E-state index is 13.5. The average molecular weight is 482 g/mol. The molecule has 2 N–H and O–H groups in total. The summed E-state index contributed by atoms with van der Waals surface area (Å²) < 4.78 is 10.8. The third-order valence-electron chi connectivity index (χ3n) is 6.78. The number of hydrogen-bond donors (Lipinski definition) is 2. The molecule has 2 aliphatic rings. The lowest BCUT2D eigenvalue weighted by molar-refractivity contribution is -0.128. The number of ether oxygens (including phenoxy) is 1. The summed E-state index contributed by atoms with van der Waals surface area (Å²) in [4.78, 5) is 41.2. The van der Waals surface area contributed by atoms with Gasteiger partial charge in [-0.1, -0.05) is 44.2 Å². The number of furan rings is 1.